The lowest BCUT2D eigenvalue weighted by atomic mass is 9.88. The number of hydrogen-bond donors (Lipinski definition) is 3. The third kappa shape index (κ3) is 4.31. The molecule has 0 aromatic heterocycles. The number of aliphatic carboxylic acids is 1. The molecule has 0 aliphatic heterocycles. The second-order valence-corrected chi connectivity index (χ2v) is 5.12. The number of hydrogen-bond acceptors (Lipinski definition) is 4. The lowest BCUT2D eigenvalue weighted by Crippen LogP contribution is -2.56. The van der Waals surface area contributed by atoms with Crippen molar-refractivity contribution in [1.29, 1.82) is 0 Å². The van der Waals surface area contributed by atoms with Gasteiger partial charge >= 0.3 is 5.97 Å². The Balaban J connectivity index is 2.92. The summed E-state index contributed by atoms with van der Waals surface area (Å²) in [5.41, 5.74) is 6.22. The largest absolute Gasteiger partial charge is 0.478 e. The summed E-state index contributed by atoms with van der Waals surface area (Å²) in [6.07, 6.45) is 3.05. The van der Waals surface area contributed by atoms with Gasteiger partial charge in [-0.3, -0.25) is 4.79 Å². The number of carboxylic acids is 1. The van der Waals surface area contributed by atoms with Gasteiger partial charge in [-0.15, -0.1) is 0 Å². The Morgan fingerprint density at radius 2 is 2.10 bits per heavy atom. The van der Waals surface area contributed by atoms with E-state index in [2.05, 4.69) is 5.32 Å². The minimum absolute atomic E-state index is 0.0385. The lowest BCUT2D eigenvalue weighted by Gasteiger charge is -2.36. The van der Waals surface area contributed by atoms with Gasteiger partial charge in [0.2, 0.25) is 5.91 Å². The van der Waals surface area contributed by atoms with Crippen molar-refractivity contribution in [2.45, 2.75) is 64.3 Å². The van der Waals surface area contributed by atoms with Crippen LogP contribution >= 0.6 is 0 Å². The smallest absolute Gasteiger partial charge is 0.331 e. The van der Waals surface area contributed by atoms with E-state index in [0.717, 1.165) is 12.8 Å². The minimum atomic E-state index is -0.986. The summed E-state index contributed by atoms with van der Waals surface area (Å²) in [5.74, 6) is -1.18. The van der Waals surface area contributed by atoms with Crippen molar-refractivity contribution in [1.82, 2.24) is 5.32 Å². The van der Waals surface area contributed by atoms with Gasteiger partial charge in [0.15, 0.2) is 0 Å². The molecule has 0 fully saturated rings. The fourth-order valence-corrected chi connectivity index (χ4v) is 2.44. The highest BCUT2D eigenvalue weighted by Crippen LogP contribution is 2.24. The van der Waals surface area contributed by atoms with Crippen molar-refractivity contribution in [3.8, 4) is 0 Å². The number of ether oxygens (including phenoxy) is 1. The molecule has 6 heteroatoms. The predicted molar refractivity (Wildman–Crippen MR) is 75.2 cm³/mol. The minimum Gasteiger partial charge on any atom is -0.478 e. The summed E-state index contributed by atoms with van der Waals surface area (Å²) in [6, 6.07) is -0.950. The zero-order valence-electron chi connectivity index (χ0n) is 12.3. The highest BCUT2D eigenvalue weighted by Gasteiger charge is 2.35. The van der Waals surface area contributed by atoms with Crippen LogP contribution in [0.4, 0.5) is 0 Å². The molecule has 0 saturated heterocycles. The van der Waals surface area contributed by atoms with E-state index in [4.69, 9.17) is 15.6 Å². The molecular weight excluding hydrogens is 260 g/mol. The summed E-state index contributed by atoms with van der Waals surface area (Å²) >= 11 is 0. The molecular formula is C14H24N2O4. The molecule has 1 rings (SSSR count). The van der Waals surface area contributed by atoms with Crippen LogP contribution in [0, 0.1) is 0 Å². The number of nitrogens with two attached hydrogens (primary N) is 1. The maximum Gasteiger partial charge on any atom is 0.331 e. The number of nitrogens with one attached hydrogen (secondary N) is 1. The summed E-state index contributed by atoms with van der Waals surface area (Å²) < 4.78 is 5.96. The molecule has 20 heavy (non-hydrogen) atoms. The van der Waals surface area contributed by atoms with Gasteiger partial charge in [-0.25, -0.2) is 4.79 Å². The van der Waals surface area contributed by atoms with Crippen LogP contribution in [0.2, 0.25) is 0 Å². The first kappa shape index (κ1) is 16.7. The van der Waals surface area contributed by atoms with Crippen LogP contribution in [0.3, 0.4) is 0 Å². The van der Waals surface area contributed by atoms with Crippen LogP contribution in [0.25, 0.3) is 0 Å². The monoisotopic (exact) mass is 284 g/mol. The Kier molecular flexibility index (Phi) is 6.16. The van der Waals surface area contributed by atoms with Gasteiger partial charge in [0, 0.05) is 25.0 Å². The van der Waals surface area contributed by atoms with Crippen LogP contribution in [-0.4, -0.2) is 41.3 Å². The van der Waals surface area contributed by atoms with Crippen molar-refractivity contribution < 1.29 is 19.4 Å². The third-order valence-electron chi connectivity index (χ3n) is 3.55. The quantitative estimate of drug-likeness (QED) is 0.670. The summed E-state index contributed by atoms with van der Waals surface area (Å²) in [5, 5.41) is 11.9. The number of amides is 1. The Bertz CT molecular complexity index is 391. The van der Waals surface area contributed by atoms with Crippen LogP contribution in [0.15, 0.2) is 11.6 Å². The van der Waals surface area contributed by atoms with E-state index in [1.807, 2.05) is 13.8 Å². The van der Waals surface area contributed by atoms with E-state index < -0.39 is 24.2 Å². The SMILES string of the molecule is CCC(CC)OC1CC(C(=O)O)=CC(N)C1NC(C)=O. The van der Waals surface area contributed by atoms with Crippen molar-refractivity contribution >= 4 is 11.9 Å². The van der Waals surface area contributed by atoms with Crippen LogP contribution in [-0.2, 0) is 14.3 Å². The third-order valence-corrected chi connectivity index (χ3v) is 3.55. The standard InChI is InChI=1S/C14H24N2O4/c1-4-10(5-2)20-12-7-9(14(18)19)6-11(15)13(12)16-8(3)17/h6,10-13H,4-5,7,15H2,1-3H3,(H,16,17)(H,18,19). The normalized spacial score (nSPS) is 26.2. The molecule has 4 N–H and O–H groups in total. The van der Waals surface area contributed by atoms with Crippen molar-refractivity contribution in [2.24, 2.45) is 5.73 Å². The van der Waals surface area contributed by atoms with Crippen molar-refractivity contribution in [3.05, 3.63) is 11.6 Å². The molecule has 1 aliphatic carbocycles. The number of carbonyl (C=O) groups is 2. The molecule has 0 aromatic carbocycles. The average Bonchev–Trinajstić information content (AvgIpc) is 2.38. The van der Waals surface area contributed by atoms with Gasteiger partial charge in [0.05, 0.1) is 18.2 Å². The molecule has 0 spiro atoms. The van der Waals surface area contributed by atoms with E-state index in [-0.39, 0.29) is 24.0 Å². The van der Waals surface area contributed by atoms with E-state index in [1.54, 1.807) is 0 Å². The van der Waals surface area contributed by atoms with Crippen molar-refractivity contribution in [3.63, 3.8) is 0 Å². The first-order valence-corrected chi connectivity index (χ1v) is 7.01. The summed E-state index contributed by atoms with van der Waals surface area (Å²) in [6.45, 7) is 5.44. The second kappa shape index (κ2) is 7.40. The Morgan fingerprint density at radius 1 is 1.50 bits per heavy atom. The fraction of sp³-hybridized carbons (Fsp3) is 0.714. The van der Waals surface area contributed by atoms with E-state index in [9.17, 15) is 9.59 Å². The molecule has 0 bridgehead atoms. The molecule has 0 saturated carbocycles. The lowest BCUT2D eigenvalue weighted by molar-refractivity contribution is -0.133. The molecule has 0 aromatic rings. The number of carboxylic acid groups (broad SMARTS) is 1. The fourth-order valence-electron chi connectivity index (χ4n) is 2.44. The molecule has 0 radical (unpaired) electrons. The highest BCUT2D eigenvalue weighted by molar-refractivity contribution is 5.87. The van der Waals surface area contributed by atoms with Gasteiger partial charge < -0.3 is 20.9 Å². The molecule has 3 unspecified atom stereocenters. The van der Waals surface area contributed by atoms with Crippen LogP contribution in [0.5, 0.6) is 0 Å². The topological polar surface area (TPSA) is 102 Å². The van der Waals surface area contributed by atoms with Crippen molar-refractivity contribution in [2.75, 3.05) is 0 Å². The highest BCUT2D eigenvalue weighted by atomic mass is 16.5. The molecule has 114 valence electrons. The zero-order chi connectivity index (χ0) is 15.3. The van der Waals surface area contributed by atoms with E-state index >= 15 is 0 Å². The first-order chi connectivity index (χ1) is 9.38. The number of carbonyl (C=O) groups excluding carboxylic acids is 1. The van der Waals surface area contributed by atoms with E-state index in [1.165, 1.54) is 13.0 Å². The molecule has 3 atom stereocenters. The maximum absolute atomic E-state index is 11.3. The zero-order valence-corrected chi connectivity index (χ0v) is 12.3. The Hall–Kier alpha value is -1.40. The predicted octanol–water partition coefficient (Wildman–Crippen LogP) is 0.807. The van der Waals surface area contributed by atoms with Crippen LogP contribution in [0.1, 0.15) is 40.0 Å². The molecule has 0 heterocycles. The van der Waals surface area contributed by atoms with Crippen LogP contribution < -0.4 is 11.1 Å². The summed E-state index contributed by atoms with van der Waals surface area (Å²) in [4.78, 5) is 22.4. The molecule has 6 nitrogen and oxygen atoms in total. The van der Waals surface area contributed by atoms with Gasteiger partial charge in [-0.1, -0.05) is 19.9 Å². The Labute approximate surface area is 119 Å². The summed E-state index contributed by atoms with van der Waals surface area (Å²) in [7, 11) is 0. The van der Waals surface area contributed by atoms with Gasteiger partial charge in [0.25, 0.3) is 0 Å². The van der Waals surface area contributed by atoms with Gasteiger partial charge in [-0.05, 0) is 12.8 Å². The molecule has 1 aliphatic rings. The first-order valence-electron chi connectivity index (χ1n) is 7.01. The van der Waals surface area contributed by atoms with E-state index in [0.29, 0.717) is 0 Å². The Morgan fingerprint density at radius 3 is 2.55 bits per heavy atom. The number of rotatable bonds is 6. The maximum atomic E-state index is 11.3. The average molecular weight is 284 g/mol. The van der Waals surface area contributed by atoms with Gasteiger partial charge in [0.1, 0.15) is 0 Å². The van der Waals surface area contributed by atoms with Gasteiger partial charge in [-0.2, -0.15) is 0 Å². The second-order valence-electron chi connectivity index (χ2n) is 5.12. The molecule has 1 amide bonds.